The molecule has 0 saturated carbocycles. The number of urea groups is 1. The van der Waals surface area contributed by atoms with Gasteiger partial charge in [0.2, 0.25) is 0 Å². The zero-order chi connectivity index (χ0) is 30.7. The molecule has 2 aliphatic rings. The molecule has 0 radical (unpaired) electrons. The van der Waals surface area contributed by atoms with E-state index in [9.17, 15) is 24.0 Å². The van der Waals surface area contributed by atoms with E-state index in [1.54, 1.807) is 24.3 Å². The van der Waals surface area contributed by atoms with Crippen LogP contribution in [0.3, 0.4) is 0 Å². The molecule has 0 bridgehead atoms. The predicted molar refractivity (Wildman–Crippen MR) is 147 cm³/mol. The first-order valence-electron chi connectivity index (χ1n) is 11.5. The van der Waals surface area contributed by atoms with Crippen molar-refractivity contribution in [2.45, 2.75) is 27.7 Å². The van der Waals surface area contributed by atoms with Gasteiger partial charge in [-0.25, -0.2) is 4.79 Å². The number of aliphatic hydroxyl groups is 2. The fourth-order valence-corrected chi connectivity index (χ4v) is 2.66. The van der Waals surface area contributed by atoms with Crippen LogP contribution in [0.25, 0.3) is 0 Å². The summed E-state index contributed by atoms with van der Waals surface area (Å²) in [6.45, 7) is 5.70. The van der Waals surface area contributed by atoms with Gasteiger partial charge in [0.05, 0.1) is 36.9 Å². The molecule has 0 spiro atoms. The second kappa shape index (κ2) is 21.4. The first-order valence-corrected chi connectivity index (χ1v) is 11.5. The van der Waals surface area contributed by atoms with Gasteiger partial charge in [-0.2, -0.15) is 0 Å². The van der Waals surface area contributed by atoms with Crippen LogP contribution in [0.2, 0.25) is 0 Å². The molecule has 2 aliphatic carbocycles. The van der Waals surface area contributed by atoms with E-state index in [-0.39, 0.29) is 72.0 Å². The Morgan fingerprint density at radius 3 is 1.29 bits per heavy atom. The van der Waals surface area contributed by atoms with Crippen LogP contribution in [-0.4, -0.2) is 53.6 Å². The standard InChI is InChI=1S/C17H18N4O5.2C5H8O2.Zr/c1-25-15-7-3-5-13(22)11(15)9-18-20-17(24)21-19-10-12-14(23)6-4-8-16(12)26-2;2*1-4(6)3-5(2)7;/h3-10,18-19H,1-2H3,(H2,20,21,24);2*3,6H,1-2H3;/b11-9+,12-10+;2*4-3-;. The average molecular weight is 650 g/mol. The Labute approximate surface area is 257 Å². The van der Waals surface area contributed by atoms with Gasteiger partial charge < -0.3 is 30.5 Å². The molecule has 6 N–H and O–H groups in total. The van der Waals surface area contributed by atoms with E-state index >= 15 is 0 Å². The minimum absolute atomic E-state index is 0. The van der Waals surface area contributed by atoms with Gasteiger partial charge in [0.1, 0.15) is 11.5 Å². The van der Waals surface area contributed by atoms with E-state index in [0.29, 0.717) is 11.5 Å². The van der Waals surface area contributed by atoms with Crippen LogP contribution < -0.4 is 21.7 Å². The normalized spacial score (nSPS) is 16.0. The van der Waals surface area contributed by atoms with Crippen LogP contribution in [-0.2, 0) is 54.9 Å². The number of ketones is 4. The molecule has 0 aliphatic heterocycles. The van der Waals surface area contributed by atoms with Crippen LogP contribution in [0.4, 0.5) is 4.79 Å². The maximum Gasteiger partial charge on any atom is 0.351 e. The first kappa shape index (κ1) is 38.7. The molecule has 13 nitrogen and oxygen atoms in total. The molecule has 0 atom stereocenters. The maximum absolute atomic E-state index is 11.8. The predicted octanol–water partition coefficient (Wildman–Crippen LogP) is 2.47. The number of carbonyl (C=O) groups is 5. The SMILES string of the molecule is CC(=O)/C=C(/C)O.CC(=O)/C=C(/C)O.COC1=CC=CC(=O)/C1=C\NNC(=O)NN/C=C1\C(=O)C=CC=C1OC.[Zr]. The smallest absolute Gasteiger partial charge is 0.351 e. The fraction of sp³-hybridized carbons (Fsp3) is 0.222. The summed E-state index contributed by atoms with van der Waals surface area (Å²) in [5, 5.41) is 16.7. The largest absolute Gasteiger partial charge is 0.512 e. The van der Waals surface area contributed by atoms with E-state index < -0.39 is 6.03 Å². The molecule has 2 amide bonds. The van der Waals surface area contributed by atoms with Crippen molar-refractivity contribution < 1.29 is 69.9 Å². The number of ether oxygens (including phenoxy) is 2. The van der Waals surface area contributed by atoms with Crippen molar-refractivity contribution >= 4 is 29.2 Å². The molecule has 220 valence electrons. The Morgan fingerprint density at radius 1 is 0.707 bits per heavy atom. The molecule has 0 aromatic rings. The second-order valence-electron chi connectivity index (χ2n) is 7.69. The number of hydrogen-bond acceptors (Lipinski definition) is 11. The van der Waals surface area contributed by atoms with Gasteiger partial charge in [0.15, 0.2) is 23.1 Å². The Bertz CT molecular complexity index is 1120. The quantitative estimate of drug-likeness (QED) is 0.129. The zero-order valence-corrected chi connectivity index (χ0v) is 26.0. The number of rotatable bonds is 8. The summed E-state index contributed by atoms with van der Waals surface area (Å²) in [4.78, 5) is 55.2. The maximum atomic E-state index is 11.8. The molecule has 0 aromatic carbocycles. The van der Waals surface area contributed by atoms with Crippen LogP contribution >= 0.6 is 0 Å². The molecular formula is C27H34N4O9Zr. The summed E-state index contributed by atoms with van der Waals surface area (Å²) in [5.41, 5.74) is 10.1. The van der Waals surface area contributed by atoms with Gasteiger partial charge in [-0.1, -0.05) is 12.2 Å². The molecule has 2 rings (SSSR count). The summed E-state index contributed by atoms with van der Waals surface area (Å²) in [7, 11) is 2.88. The number of nitrogens with one attached hydrogen (secondary N) is 4. The van der Waals surface area contributed by atoms with Crippen LogP contribution in [0.5, 0.6) is 0 Å². The second-order valence-corrected chi connectivity index (χ2v) is 7.69. The summed E-state index contributed by atoms with van der Waals surface area (Å²) in [6, 6.07) is -0.651. The van der Waals surface area contributed by atoms with Gasteiger partial charge in [-0.05, 0) is 52.0 Å². The zero-order valence-electron chi connectivity index (χ0n) is 23.5. The van der Waals surface area contributed by atoms with Crippen LogP contribution in [0.15, 0.2) is 95.2 Å². The summed E-state index contributed by atoms with van der Waals surface area (Å²) >= 11 is 0. The minimum Gasteiger partial charge on any atom is -0.512 e. The van der Waals surface area contributed by atoms with Gasteiger partial charge in [-0.15, -0.1) is 0 Å². The van der Waals surface area contributed by atoms with E-state index in [1.807, 2.05) is 0 Å². The third-order valence-corrected chi connectivity index (χ3v) is 4.12. The monoisotopic (exact) mass is 648 g/mol. The fourth-order valence-electron chi connectivity index (χ4n) is 2.66. The minimum atomic E-state index is -0.651. The average Bonchev–Trinajstić information content (AvgIpc) is 2.85. The van der Waals surface area contributed by atoms with Crippen molar-refractivity contribution in [3.8, 4) is 0 Å². The number of hydrazine groups is 2. The molecule has 0 heterocycles. The van der Waals surface area contributed by atoms with Crippen molar-refractivity contribution in [1.29, 1.82) is 0 Å². The van der Waals surface area contributed by atoms with E-state index in [1.165, 1.54) is 78.6 Å². The number of aliphatic hydroxyl groups excluding tert-OH is 2. The van der Waals surface area contributed by atoms with Crippen LogP contribution in [0.1, 0.15) is 27.7 Å². The summed E-state index contributed by atoms with van der Waals surface area (Å²) in [6.07, 6.45) is 14.1. The molecule has 0 fully saturated rings. The number of amides is 2. The number of hydrogen-bond donors (Lipinski definition) is 6. The Balaban J connectivity index is 0. The topological polar surface area (TPSA) is 192 Å². The molecule has 0 aromatic heterocycles. The van der Waals surface area contributed by atoms with Crippen molar-refractivity contribution in [2.75, 3.05) is 14.2 Å². The van der Waals surface area contributed by atoms with E-state index in [2.05, 4.69) is 21.7 Å². The van der Waals surface area contributed by atoms with Gasteiger partial charge in [0.25, 0.3) is 0 Å². The first-order chi connectivity index (χ1) is 18.8. The van der Waals surface area contributed by atoms with Crippen molar-refractivity contribution in [1.82, 2.24) is 21.7 Å². The Morgan fingerprint density at radius 2 is 1.05 bits per heavy atom. The summed E-state index contributed by atoms with van der Waals surface area (Å²) < 4.78 is 10.1. The molecular weight excluding hydrogens is 616 g/mol. The Hall–Kier alpha value is -4.45. The number of allylic oxidation sites excluding steroid dienone is 12. The number of methoxy groups -OCH3 is 2. The van der Waals surface area contributed by atoms with E-state index in [0.717, 1.165) is 0 Å². The molecule has 0 unspecified atom stereocenters. The van der Waals surface area contributed by atoms with Gasteiger partial charge in [-0.3, -0.25) is 30.0 Å². The van der Waals surface area contributed by atoms with Crippen molar-refractivity contribution in [2.24, 2.45) is 0 Å². The summed E-state index contributed by atoms with van der Waals surface area (Å²) in [5.74, 6) is 0.102. The third-order valence-electron chi connectivity index (χ3n) is 4.12. The molecule has 41 heavy (non-hydrogen) atoms. The van der Waals surface area contributed by atoms with Gasteiger partial charge >= 0.3 is 6.03 Å². The van der Waals surface area contributed by atoms with E-state index in [4.69, 9.17) is 19.7 Å². The van der Waals surface area contributed by atoms with Crippen LogP contribution in [0, 0.1) is 0 Å². The Kier molecular flexibility index (Phi) is 20.2. The molecule has 14 heteroatoms. The van der Waals surface area contributed by atoms with Crippen molar-refractivity contribution in [3.05, 3.63) is 95.2 Å². The van der Waals surface area contributed by atoms with Crippen molar-refractivity contribution in [3.63, 3.8) is 0 Å². The third kappa shape index (κ3) is 17.7. The molecule has 0 saturated heterocycles. The van der Waals surface area contributed by atoms with Gasteiger partial charge in [0, 0.05) is 50.8 Å². The number of carbonyl (C=O) groups excluding carboxylic acids is 5.